The number of aromatic nitrogens is 2. The van der Waals surface area contributed by atoms with Crippen molar-refractivity contribution >= 4 is 35.5 Å². The second kappa shape index (κ2) is 8.48. The number of carbonyl (C=O) groups excluding carboxylic acids is 3. The largest absolute Gasteiger partial charge is 0.477 e. The van der Waals surface area contributed by atoms with Crippen LogP contribution in [0.5, 0.6) is 0 Å². The SMILES string of the molecule is CC(=O)OCC1=C(C(=O)O)N2C(=O)[C@H](NC(=O)[C@H](C)n3nc(C(F)(F)F)cc3C)[C@H]2SC1. The van der Waals surface area contributed by atoms with Crippen LogP contribution in [0.15, 0.2) is 17.3 Å². The van der Waals surface area contributed by atoms with Crippen LogP contribution in [0.25, 0.3) is 0 Å². The number of nitrogens with one attached hydrogen (secondary N) is 1. The maximum atomic E-state index is 12.9. The molecule has 0 radical (unpaired) electrons. The summed E-state index contributed by atoms with van der Waals surface area (Å²) >= 11 is 1.17. The molecule has 1 aromatic rings. The van der Waals surface area contributed by atoms with Crippen LogP contribution in [-0.4, -0.2) is 67.3 Å². The number of hydrogen-bond acceptors (Lipinski definition) is 7. The highest BCUT2D eigenvalue weighted by Gasteiger charge is 2.54. The summed E-state index contributed by atoms with van der Waals surface area (Å²) in [5.41, 5.74) is -1.09. The Kier molecular flexibility index (Phi) is 6.26. The summed E-state index contributed by atoms with van der Waals surface area (Å²) < 4.78 is 44.4. The number of ether oxygens (including phenoxy) is 1. The van der Waals surface area contributed by atoms with Gasteiger partial charge in [-0.25, -0.2) is 4.79 Å². The Hall–Kier alpha value is -3.03. The second-order valence-corrected chi connectivity index (χ2v) is 8.33. The van der Waals surface area contributed by atoms with Crippen LogP contribution >= 0.6 is 11.8 Å². The van der Waals surface area contributed by atoms with Gasteiger partial charge in [0.2, 0.25) is 5.91 Å². The van der Waals surface area contributed by atoms with E-state index < -0.39 is 53.1 Å². The fourth-order valence-corrected chi connectivity index (χ4v) is 4.71. The van der Waals surface area contributed by atoms with Gasteiger partial charge in [0.1, 0.15) is 29.8 Å². The highest BCUT2D eigenvalue weighted by atomic mass is 32.2. The predicted molar refractivity (Wildman–Crippen MR) is 103 cm³/mol. The number of amides is 2. The molecule has 10 nitrogen and oxygen atoms in total. The number of rotatable bonds is 6. The number of thioether (sulfide) groups is 1. The minimum Gasteiger partial charge on any atom is -0.477 e. The van der Waals surface area contributed by atoms with Gasteiger partial charge in [0, 0.05) is 23.9 Å². The number of aliphatic carboxylic acids is 1. The van der Waals surface area contributed by atoms with Gasteiger partial charge < -0.3 is 15.2 Å². The minimum absolute atomic E-state index is 0.111. The molecule has 3 rings (SSSR count). The summed E-state index contributed by atoms with van der Waals surface area (Å²) in [4.78, 5) is 49.0. The standard InChI is InChI=1S/C18H19F3N4O6S/c1-7-4-11(18(19,20)21)23-25(7)8(2)14(27)22-12-15(28)24-13(17(29)30)10(5-31-9(3)26)6-32-16(12)24/h4,8,12,16H,5-6H2,1-3H3,(H,22,27)(H,29,30)/t8-,12-,16+/m0/s1. The Morgan fingerprint density at radius 1 is 1.41 bits per heavy atom. The lowest BCUT2D eigenvalue weighted by atomic mass is 10.0. The topological polar surface area (TPSA) is 131 Å². The zero-order chi connectivity index (χ0) is 24.0. The van der Waals surface area contributed by atoms with E-state index in [0.29, 0.717) is 0 Å². The average molecular weight is 476 g/mol. The van der Waals surface area contributed by atoms with E-state index in [1.807, 2.05) is 0 Å². The molecule has 1 saturated heterocycles. The van der Waals surface area contributed by atoms with Crippen LogP contribution in [-0.2, 0) is 30.1 Å². The highest BCUT2D eigenvalue weighted by molar-refractivity contribution is 8.00. The number of fused-ring (bicyclic) bond motifs is 1. The molecule has 2 amide bonds. The van der Waals surface area contributed by atoms with Gasteiger partial charge in [0.15, 0.2) is 5.69 Å². The molecule has 32 heavy (non-hydrogen) atoms. The number of carbonyl (C=O) groups is 4. The van der Waals surface area contributed by atoms with Gasteiger partial charge in [-0.1, -0.05) is 0 Å². The maximum Gasteiger partial charge on any atom is 0.435 e. The van der Waals surface area contributed by atoms with E-state index in [1.54, 1.807) is 0 Å². The zero-order valence-electron chi connectivity index (χ0n) is 17.1. The Balaban J connectivity index is 1.74. The van der Waals surface area contributed by atoms with E-state index in [0.717, 1.165) is 15.6 Å². The molecular weight excluding hydrogens is 457 g/mol. The van der Waals surface area contributed by atoms with Crippen molar-refractivity contribution in [2.75, 3.05) is 12.4 Å². The minimum atomic E-state index is -4.67. The lowest BCUT2D eigenvalue weighted by Gasteiger charge is -2.49. The molecule has 3 heterocycles. The monoisotopic (exact) mass is 476 g/mol. The van der Waals surface area contributed by atoms with Gasteiger partial charge in [0.05, 0.1) is 0 Å². The normalized spacial score (nSPS) is 21.6. The smallest absolute Gasteiger partial charge is 0.435 e. The molecule has 14 heteroatoms. The lowest BCUT2D eigenvalue weighted by Crippen LogP contribution is -2.71. The molecule has 0 unspecified atom stereocenters. The zero-order valence-corrected chi connectivity index (χ0v) is 17.9. The number of esters is 1. The van der Waals surface area contributed by atoms with Crippen LogP contribution in [0.1, 0.15) is 31.3 Å². The summed E-state index contributed by atoms with van der Waals surface area (Å²) in [7, 11) is 0. The quantitative estimate of drug-likeness (QED) is 0.461. The van der Waals surface area contributed by atoms with E-state index in [1.165, 1.54) is 32.5 Å². The summed E-state index contributed by atoms with van der Waals surface area (Å²) in [6.07, 6.45) is -4.67. The maximum absolute atomic E-state index is 12.9. The number of carboxylic acid groups (broad SMARTS) is 1. The van der Waals surface area contributed by atoms with Crippen molar-refractivity contribution in [3.63, 3.8) is 0 Å². The van der Waals surface area contributed by atoms with Gasteiger partial charge in [-0.3, -0.25) is 24.0 Å². The molecule has 3 atom stereocenters. The molecule has 0 spiro atoms. The van der Waals surface area contributed by atoms with Crippen molar-refractivity contribution in [3.8, 4) is 0 Å². The number of aryl methyl sites for hydroxylation is 1. The predicted octanol–water partition coefficient (Wildman–Crippen LogP) is 1.07. The van der Waals surface area contributed by atoms with Crippen LogP contribution in [0, 0.1) is 6.92 Å². The molecule has 0 aliphatic carbocycles. The Labute approximate surface area is 183 Å². The first-order valence-electron chi connectivity index (χ1n) is 9.30. The van der Waals surface area contributed by atoms with Gasteiger partial charge >= 0.3 is 18.1 Å². The number of nitrogens with zero attached hydrogens (tertiary/aromatic N) is 3. The van der Waals surface area contributed by atoms with Crippen molar-refractivity contribution in [1.82, 2.24) is 20.0 Å². The first-order chi connectivity index (χ1) is 14.8. The lowest BCUT2D eigenvalue weighted by molar-refractivity contribution is -0.151. The molecule has 2 aliphatic rings. The van der Waals surface area contributed by atoms with E-state index in [4.69, 9.17) is 4.74 Å². The van der Waals surface area contributed by atoms with Crippen molar-refractivity contribution in [2.24, 2.45) is 0 Å². The van der Waals surface area contributed by atoms with E-state index >= 15 is 0 Å². The number of alkyl halides is 3. The summed E-state index contributed by atoms with van der Waals surface area (Å²) in [6, 6.07) is -1.39. The first kappa shape index (κ1) is 23.6. The van der Waals surface area contributed by atoms with E-state index in [9.17, 15) is 37.5 Å². The molecule has 2 aliphatic heterocycles. The highest BCUT2D eigenvalue weighted by Crippen LogP contribution is 2.40. The van der Waals surface area contributed by atoms with E-state index in [-0.39, 0.29) is 29.3 Å². The fourth-order valence-electron chi connectivity index (χ4n) is 3.39. The third-order valence-corrected chi connectivity index (χ3v) is 6.30. The average Bonchev–Trinajstić information content (AvgIpc) is 3.10. The third-order valence-electron chi connectivity index (χ3n) is 4.96. The summed E-state index contributed by atoms with van der Waals surface area (Å²) in [5, 5.41) is 14.7. The van der Waals surface area contributed by atoms with Crippen molar-refractivity contribution in [3.05, 3.63) is 28.7 Å². The van der Waals surface area contributed by atoms with Gasteiger partial charge in [-0.05, 0) is 19.9 Å². The molecular formula is C18H19F3N4O6S. The molecule has 0 aromatic carbocycles. The Bertz CT molecular complexity index is 1020. The van der Waals surface area contributed by atoms with E-state index in [2.05, 4.69) is 10.4 Å². The first-order valence-corrected chi connectivity index (χ1v) is 10.3. The number of halogens is 3. The number of β-lactam (4-membered cyclic amide) rings is 1. The molecule has 1 fully saturated rings. The molecule has 0 saturated carbocycles. The molecule has 174 valence electrons. The second-order valence-electron chi connectivity index (χ2n) is 7.22. The fraction of sp³-hybridized carbons (Fsp3) is 0.500. The number of carboxylic acids is 1. The molecule has 1 aromatic heterocycles. The van der Waals surface area contributed by atoms with Gasteiger partial charge in [0.25, 0.3) is 5.91 Å². The van der Waals surface area contributed by atoms with Crippen molar-refractivity contribution < 1.29 is 42.2 Å². The molecule has 2 N–H and O–H groups in total. The summed E-state index contributed by atoms with van der Waals surface area (Å²) in [5.74, 6) is -3.26. The Morgan fingerprint density at radius 2 is 2.06 bits per heavy atom. The van der Waals surface area contributed by atoms with Crippen molar-refractivity contribution in [2.45, 2.75) is 44.4 Å². The van der Waals surface area contributed by atoms with Crippen LogP contribution in [0.2, 0.25) is 0 Å². The third kappa shape index (κ3) is 4.31. The van der Waals surface area contributed by atoms with Crippen LogP contribution in [0.3, 0.4) is 0 Å². The van der Waals surface area contributed by atoms with Gasteiger partial charge in [-0.2, -0.15) is 18.3 Å². The number of hydrogen-bond donors (Lipinski definition) is 2. The van der Waals surface area contributed by atoms with Crippen molar-refractivity contribution in [1.29, 1.82) is 0 Å². The summed E-state index contributed by atoms with van der Waals surface area (Å²) in [6.45, 7) is 3.59. The Morgan fingerprint density at radius 3 is 2.59 bits per heavy atom. The van der Waals surface area contributed by atoms with Gasteiger partial charge in [-0.15, -0.1) is 11.8 Å². The van der Waals surface area contributed by atoms with Crippen LogP contribution in [0.4, 0.5) is 13.2 Å². The van der Waals surface area contributed by atoms with Crippen LogP contribution < -0.4 is 5.32 Å². The molecule has 0 bridgehead atoms.